The van der Waals surface area contributed by atoms with Crippen molar-refractivity contribution in [2.45, 2.75) is 39.8 Å². The van der Waals surface area contributed by atoms with E-state index in [2.05, 4.69) is 5.32 Å². The third kappa shape index (κ3) is 4.67. The molecule has 1 aromatic rings. The first-order valence-electron chi connectivity index (χ1n) is 6.60. The van der Waals surface area contributed by atoms with E-state index in [1.54, 1.807) is 0 Å². The Hall–Kier alpha value is -1.06. The van der Waals surface area contributed by atoms with Crippen molar-refractivity contribution in [1.29, 1.82) is 0 Å². The van der Waals surface area contributed by atoms with Gasteiger partial charge in [-0.2, -0.15) is 0 Å². The van der Waals surface area contributed by atoms with Crippen LogP contribution in [0.3, 0.4) is 0 Å². The summed E-state index contributed by atoms with van der Waals surface area (Å²) in [7, 11) is 0. The van der Waals surface area contributed by atoms with E-state index in [-0.39, 0.29) is 5.92 Å². The number of hydrogen-bond acceptors (Lipinski definition) is 3. The van der Waals surface area contributed by atoms with Crippen LogP contribution in [0.15, 0.2) is 24.3 Å². The minimum absolute atomic E-state index is 0.241. The lowest BCUT2D eigenvalue weighted by molar-refractivity contribution is 0.0140. The lowest BCUT2D eigenvalue weighted by Crippen LogP contribution is -2.41. The van der Waals surface area contributed by atoms with Gasteiger partial charge in [-0.25, -0.2) is 0 Å². The average Bonchev–Trinajstić information content (AvgIpc) is 2.31. The van der Waals surface area contributed by atoms with Gasteiger partial charge in [-0.3, -0.25) is 0 Å². The van der Waals surface area contributed by atoms with Crippen molar-refractivity contribution in [3.8, 4) is 5.75 Å². The Labute approximate surface area is 110 Å². The molecule has 18 heavy (non-hydrogen) atoms. The van der Waals surface area contributed by atoms with Crippen LogP contribution < -0.4 is 10.1 Å². The van der Waals surface area contributed by atoms with Crippen LogP contribution in [0.2, 0.25) is 0 Å². The highest BCUT2D eigenvalue weighted by atomic mass is 16.5. The molecule has 0 spiro atoms. The standard InChI is InChI=1S/C15H25NO2/c1-5-18-14-8-6-13(7-9-14)10-16-11-15(4,17)12(2)3/h6-9,12,16-17H,5,10-11H2,1-4H3. The van der Waals surface area contributed by atoms with Crippen LogP contribution >= 0.6 is 0 Å². The van der Waals surface area contributed by atoms with E-state index in [9.17, 15) is 5.11 Å². The van der Waals surface area contributed by atoms with Crippen LogP contribution in [-0.2, 0) is 6.54 Å². The molecule has 0 heterocycles. The number of nitrogens with one attached hydrogen (secondary N) is 1. The predicted molar refractivity (Wildman–Crippen MR) is 74.8 cm³/mol. The van der Waals surface area contributed by atoms with Gasteiger partial charge in [0.25, 0.3) is 0 Å². The molecule has 1 aromatic carbocycles. The van der Waals surface area contributed by atoms with Gasteiger partial charge in [-0.15, -0.1) is 0 Å². The third-order valence-corrected chi connectivity index (χ3v) is 3.29. The molecule has 0 saturated heterocycles. The quantitative estimate of drug-likeness (QED) is 0.782. The largest absolute Gasteiger partial charge is 0.494 e. The van der Waals surface area contributed by atoms with Crippen molar-refractivity contribution in [3.05, 3.63) is 29.8 Å². The first kappa shape index (κ1) is 15.0. The second-order valence-electron chi connectivity index (χ2n) is 5.19. The van der Waals surface area contributed by atoms with E-state index < -0.39 is 5.60 Å². The Morgan fingerprint density at radius 3 is 2.39 bits per heavy atom. The molecular weight excluding hydrogens is 226 g/mol. The molecule has 0 aliphatic heterocycles. The van der Waals surface area contributed by atoms with E-state index in [0.29, 0.717) is 13.2 Å². The van der Waals surface area contributed by atoms with E-state index in [0.717, 1.165) is 12.3 Å². The molecule has 102 valence electrons. The van der Waals surface area contributed by atoms with Crippen molar-refractivity contribution in [2.24, 2.45) is 5.92 Å². The highest BCUT2D eigenvalue weighted by Crippen LogP contribution is 2.15. The smallest absolute Gasteiger partial charge is 0.119 e. The Bertz CT molecular complexity index is 344. The van der Waals surface area contributed by atoms with Gasteiger partial charge in [0.05, 0.1) is 12.2 Å². The normalized spacial score (nSPS) is 14.6. The minimum Gasteiger partial charge on any atom is -0.494 e. The van der Waals surface area contributed by atoms with Gasteiger partial charge in [-0.05, 0) is 37.5 Å². The number of benzene rings is 1. The molecule has 1 rings (SSSR count). The molecule has 0 bridgehead atoms. The molecule has 0 amide bonds. The number of aliphatic hydroxyl groups is 1. The summed E-state index contributed by atoms with van der Waals surface area (Å²) in [6.45, 7) is 9.94. The summed E-state index contributed by atoms with van der Waals surface area (Å²) in [5.41, 5.74) is 0.531. The molecule has 3 nitrogen and oxygen atoms in total. The summed E-state index contributed by atoms with van der Waals surface area (Å²) in [6, 6.07) is 8.03. The van der Waals surface area contributed by atoms with Crippen LogP contribution in [0.5, 0.6) is 5.75 Å². The molecule has 1 unspecified atom stereocenters. The molecule has 0 aliphatic rings. The SMILES string of the molecule is CCOc1ccc(CNCC(C)(O)C(C)C)cc1. The molecule has 0 aliphatic carbocycles. The molecular formula is C15H25NO2. The van der Waals surface area contributed by atoms with Gasteiger partial charge in [0.15, 0.2) is 0 Å². The van der Waals surface area contributed by atoms with Crippen LogP contribution in [-0.4, -0.2) is 23.9 Å². The fourth-order valence-corrected chi connectivity index (χ4v) is 1.53. The molecule has 0 fully saturated rings. The maximum Gasteiger partial charge on any atom is 0.119 e. The fraction of sp³-hybridized carbons (Fsp3) is 0.600. The van der Waals surface area contributed by atoms with E-state index in [1.807, 2.05) is 52.0 Å². The molecule has 2 N–H and O–H groups in total. The van der Waals surface area contributed by atoms with Crippen molar-refractivity contribution in [1.82, 2.24) is 5.32 Å². The average molecular weight is 251 g/mol. The monoisotopic (exact) mass is 251 g/mol. The molecule has 0 aromatic heterocycles. The molecule has 0 saturated carbocycles. The minimum atomic E-state index is -0.661. The lowest BCUT2D eigenvalue weighted by Gasteiger charge is -2.28. The predicted octanol–water partition coefficient (Wildman–Crippen LogP) is 2.58. The highest BCUT2D eigenvalue weighted by molar-refractivity contribution is 5.27. The van der Waals surface area contributed by atoms with Crippen molar-refractivity contribution < 1.29 is 9.84 Å². The maximum atomic E-state index is 10.1. The Morgan fingerprint density at radius 2 is 1.89 bits per heavy atom. The van der Waals surface area contributed by atoms with Crippen LogP contribution in [0.1, 0.15) is 33.3 Å². The van der Waals surface area contributed by atoms with Gasteiger partial charge in [0.1, 0.15) is 5.75 Å². The first-order chi connectivity index (χ1) is 8.45. The maximum absolute atomic E-state index is 10.1. The third-order valence-electron chi connectivity index (χ3n) is 3.29. The van der Waals surface area contributed by atoms with Crippen molar-refractivity contribution in [3.63, 3.8) is 0 Å². The zero-order chi connectivity index (χ0) is 13.6. The van der Waals surface area contributed by atoms with Crippen LogP contribution in [0.25, 0.3) is 0 Å². The number of ether oxygens (including phenoxy) is 1. The zero-order valence-corrected chi connectivity index (χ0v) is 11.9. The number of rotatable bonds is 7. The van der Waals surface area contributed by atoms with Gasteiger partial charge in [0, 0.05) is 13.1 Å². The summed E-state index contributed by atoms with van der Waals surface area (Å²) < 4.78 is 5.39. The molecule has 1 atom stereocenters. The van der Waals surface area contributed by atoms with E-state index >= 15 is 0 Å². The van der Waals surface area contributed by atoms with Crippen molar-refractivity contribution in [2.75, 3.05) is 13.2 Å². The summed E-state index contributed by atoms with van der Waals surface area (Å²) in [5.74, 6) is 1.14. The summed E-state index contributed by atoms with van der Waals surface area (Å²) >= 11 is 0. The summed E-state index contributed by atoms with van der Waals surface area (Å²) in [5, 5.41) is 13.4. The van der Waals surface area contributed by atoms with E-state index in [1.165, 1.54) is 5.56 Å². The van der Waals surface area contributed by atoms with Crippen molar-refractivity contribution >= 4 is 0 Å². The van der Waals surface area contributed by atoms with Gasteiger partial charge in [-0.1, -0.05) is 26.0 Å². The lowest BCUT2D eigenvalue weighted by atomic mass is 9.92. The Balaban J connectivity index is 2.40. The van der Waals surface area contributed by atoms with Crippen LogP contribution in [0, 0.1) is 5.92 Å². The summed E-state index contributed by atoms with van der Waals surface area (Å²) in [6.07, 6.45) is 0. The van der Waals surface area contributed by atoms with E-state index in [4.69, 9.17) is 4.74 Å². The first-order valence-corrected chi connectivity index (χ1v) is 6.60. The molecule has 0 radical (unpaired) electrons. The number of hydrogen-bond donors (Lipinski definition) is 2. The fourth-order valence-electron chi connectivity index (χ4n) is 1.53. The van der Waals surface area contributed by atoms with Crippen LogP contribution in [0.4, 0.5) is 0 Å². The Morgan fingerprint density at radius 1 is 1.28 bits per heavy atom. The second-order valence-corrected chi connectivity index (χ2v) is 5.19. The Kier molecular flexibility index (Phi) is 5.63. The summed E-state index contributed by atoms with van der Waals surface area (Å²) in [4.78, 5) is 0. The topological polar surface area (TPSA) is 41.5 Å². The van der Waals surface area contributed by atoms with Gasteiger partial charge >= 0.3 is 0 Å². The van der Waals surface area contributed by atoms with Gasteiger partial charge in [0.2, 0.25) is 0 Å². The molecule has 3 heteroatoms. The zero-order valence-electron chi connectivity index (χ0n) is 11.9. The highest BCUT2D eigenvalue weighted by Gasteiger charge is 2.23. The second kappa shape index (κ2) is 6.76. The van der Waals surface area contributed by atoms with Gasteiger partial charge < -0.3 is 15.2 Å².